The Bertz CT molecular complexity index is 1500. The van der Waals surface area contributed by atoms with Crippen LogP contribution >= 0.6 is 0 Å². The van der Waals surface area contributed by atoms with Crippen molar-refractivity contribution in [3.05, 3.63) is 82.9 Å². The molecule has 3 aromatic carbocycles. The Labute approximate surface area is 248 Å². The number of carbonyl (C=O) groups excluding carboxylic acids is 1. The van der Waals surface area contributed by atoms with Gasteiger partial charge in [-0.15, -0.1) is 0 Å². The number of hydrogen-bond donors (Lipinski definition) is 0. The third-order valence-electron chi connectivity index (χ3n) is 7.93. The van der Waals surface area contributed by atoms with Gasteiger partial charge in [-0.1, -0.05) is 26.0 Å². The van der Waals surface area contributed by atoms with Gasteiger partial charge in [0.2, 0.25) is 10.0 Å². The Morgan fingerprint density at radius 3 is 2.19 bits per heavy atom. The topological polar surface area (TPSA) is 94.6 Å². The summed E-state index contributed by atoms with van der Waals surface area (Å²) in [5.74, 6) is 2.15. The van der Waals surface area contributed by atoms with E-state index in [-0.39, 0.29) is 17.4 Å². The molecule has 9 nitrogen and oxygen atoms in total. The maximum absolute atomic E-state index is 13.9. The fraction of sp³-hybridized carbons (Fsp3) is 0.406. The van der Waals surface area contributed by atoms with Crippen LogP contribution in [0.5, 0.6) is 17.2 Å². The van der Waals surface area contributed by atoms with E-state index in [0.29, 0.717) is 62.2 Å². The molecular weight excluding hydrogens is 556 g/mol. The summed E-state index contributed by atoms with van der Waals surface area (Å²) in [4.78, 5) is 15.9. The molecule has 224 valence electrons. The lowest BCUT2D eigenvalue weighted by Gasteiger charge is -2.37. The molecule has 1 fully saturated rings. The second kappa shape index (κ2) is 12.7. The van der Waals surface area contributed by atoms with Crippen molar-refractivity contribution >= 4 is 15.9 Å². The van der Waals surface area contributed by atoms with E-state index in [9.17, 15) is 13.2 Å². The smallest absolute Gasteiger partial charge is 0.254 e. The number of rotatable bonds is 9. The van der Waals surface area contributed by atoms with E-state index in [1.807, 2.05) is 24.3 Å². The average Bonchev–Trinajstić information content (AvgIpc) is 3.03. The molecule has 0 saturated carbocycles. The highest BCUT2D eigenvalue weighted by atomic mass is 32.2. The first-order valence-electron chi connectivity index (χ1n) is 14.2. The first kappa shape index (κ1) is 29.9. The van der Waals surface area contributed by atoms with Crippen LogP contribution in [-0.4, -0.2) is 77.2 Å². The number of sulfonamides is 1. The quantitative estimate of drug-likeness (QED) is 0.356. The summed E-state index contributed by atoms with van der Waals surface area (Å²) in [6, 6.07) is 17.7. The number of ether oxygens (including phenoxy) is 4. The maximum Gasteiger partial charge on any atom is 0.254 e. The Morgan fingerprint density at radius 2 is 1.57 bits per heavy atom. The fourth-order valence-electron chi connectivity index (χ4n) is 5.45. The molecular formula is C32H38N2O7S. The fourth-order valence-corrected chi connectivity index (χ4v) is 6.85. The van der Waals surface area contributed by atoms with Crippen molar-refractivity contribution in [2.24, 2.45) is 0 Å². The van der Waals surface area contributed by atoms with Crippen LogP contribution in [0.4, 0.5) is 0 Å². The zero-order valence-electron chi connectivity index (χ0n) is 24.5. The first-order valence-corrected chi connectivity index (χ1v) is 15.6. The van der Waals surface area contributed by atoms with Gasteiger partial charge in [0.05, 0.1) is 38.4 Å². The van der Waals surface area contributed by atoms with E-state index < -0.39 is 16.1 Å². The summed E-state index contributed by atoms with van der Waals surface area (Å²) in [5.41, 5.74) is 3.62. The summed E-state index contributed by atoms with van der Waals surface area (Å²) >= 11 is 0. The third-order valence-corrected chi connectivity index (χ3v) is 9.84. The zero-order valence-corrected chi connectivity index (χ0v) is 25.4. The van der Waals surface area contributed by atoms with Gasteiger partial charge in [-0.05, 0) is 77.6 Å². The molecule has 0 radical (unpaired) electrons. The molecule has 3 aromatic rings. The SMILES string of the molecule is COc1cc2c(cc1OC)[C@H](COc1ccc(C(C)C)cc1)N(C(=O)c1ccc(S(=O)(=O)N3CCOCC3)cc1)CC2. The number of nitrogens with zero attached hydrogens (tertiary/aromatic N) is 2. The van der Waals surface area contributed by atoms with Gasteiger partial charge in [-0.2, -0.15) is 4.31 Å². The van der Waals surface area contributed by atoms with Gasteiger partial charge in [0.1, 0.15) is 12.4 Å². The van der Waals surface area contributed by atoms with Crippen LogP contribution in [0.15, 0.2) is 65.6 Å². The van der Waals surface area contributed by atoms with Crippen LogP contribution in [0, 0.1) is 0 Å². The van der Waals surface area contributed by atoms with Crippen molar-refractivity contribution in [3.8, 4) is 17.2 Å². The molecule has 5 rings (SSSR count). The predicted molar refractivity (Wildman–Crippen MR) is 159 cm³/mol. The van der Waals surface area contributed by atoms with Crippen molar-refractivity contribution < 1.29 is 32.2 Å². The van der Waals surface area contributed by atoms with Crippen LogP contribution in [0.2, 0.25) is 0 Å². The van der Waals surface area contributed by atoms with E-state index >= 15 is 0 Å². The van der Waals surface area contributed by atoms with Crippen molar-refractivity contribution in [1.29, 1.82) is 0 Å². The zero-order chi connectivity index (χ0) is 29.9. The summed E-state index contributed by atoms with van der Waals surface area (Å²) in [6.45, 7) is 6.35. The van der Waals surface area contributed by atoms with Crippen molar-refractivity contribution in [3.63, 3.8) is 0 Å². The second-order valence-electron chi connectivity index (χ2n) is 10.7. The lowest BCUT2D eigenvalue weighted by molar-refractivity contribution is 0.0589. The number of amides is 1. The van der Waals surface area contributed by atoms with Crippen molar-refractivity contribution in [2.45, 2.75) is 37.1 Å². The van der Waals surface area contributed by atoms with E-state index in [1.54, 1.807) is 31.3 Å². The summed E-state index contributed by atoms with van der Waals surface area (Å²) in [6.07, 6.45) is 0.629. The number of fused-ring (bicyclic) bond motifs is 1. The maximum atomic E-state index is 13.9. The van der Waals surface area contributed by atoms with Gasteiger partial charge < -0.3 is 23.8 Å². The number of methoxy groups -OCH3 is 2. The molecule has 1 amide bonds. The number of carbonyl (C=O) groups is 1. The standard InChI is InChI=1S/C32H38N2O7S/c1-22(2)23-5-9-26(10-6-23)41-21-29-28-20-31(39-4)30(38-3)19-25(28)13-14-34(29)32(35)24-7-11-27(12-8-24)42(36,37)33-15-17-40-18-16-33/h5-12,19-20,22,29H,13-18,21H2,1-4H3/t29-/m0/s1. The Kier molecular flexibility index (Phi) is 9.05. The molecule has 0 bridgehead atoms. The number of hydrogen-bond acceptors (Lipinski definition) is 7. The van der Waals surface area contributed by atoms with Crippen LogP contribution in [0.3, 0.4) is 0 Å². The molecule has 1 atom stereocenters. The highest BCUT2D eigenvalue weighted by molar-refractivity contribution is 7.89. The van der Waals surface area contributed by atoms with E-state index in [2.05, 4.69) is 26.0 Å². The van der Waals surface area contributed by atoms with Gasteiger partial charge >= 0.3 is 0 Å². The molecule has 0 aliphatic carbocycles. The molecule has 0 aromatic heterocycles. The minimum absolute atomic E-state index is 0.159. The van der Waals surface area contributed by atoms with Crippen LogP contribution in [0.1, 0.15) is 52.9 Å². The highest BCUT2D eigenvalue weighted by Crippen LogP contribution is 2.39. The van der Waals surface area contributed by atoms with Crippen LogP contribution in [0.25, 0.3) is 0 Å². The monoisotopic (exact) mass is 594 g/mol. The molecule has 0 spiro atoms. The molecule has 0 unspecified atom stereocenters. The van der Waals surface area contributed by atoms with Gasteiger partial charge in [-0.3, -0.25) is 4.79 Å². The van der Waals surface area contributed by atoms with E-state index in [1.165, 1.54) is 22.0 Å². The normalized spacial score (nSPS) is 17.5. The molecule has 0 N–H and O–H groups in total. The second-order valence-corrected chi connectivity index (χ2v) is 12.7. The summed E-state index contributed by atoms with van der Waals surface area (Å²) in [7, 11) is -0.468. The van der Waals surface area contributed by atoms with Gasteiger partial charge in [-0.25, -0.2) is 8.42 Å². The summed E-state index contributed by atoms with van der Waals surface area (Å²) < 4.78 is 50.2. The van der Waals surface area contributed by atoms with Crippen LogP contribution < -0.4 is 14.2 Å². The van der Waals surface area contributed by atoms with Crippen molar-refractivity contribution in [1.82, 2.24) is 9.21 Å². The number of morpholine rings is 1. The van der Waals surface area contributed by atoms with Gasteiger partial charge in [0, 0.05) is 25.2 Å². The Balaban J connectivity index is 1.42. The summed E-state index contributed by atoms with van der Waals surface area (Å²) in [5, 5.41) is 0. The minimum Gasteiger partial charge on any atom is -0.493 e. The van der Waals surface area contributed by atoms with E-state index in [0.717, 1.165) is 16.9 Å². The highest BCUT2D eigenvalue weighted by Gasteiger charge is 2.34. The lowest BCUT2D eigenvalue weighted by atomic mass is 9.91. The Hall–Kier alpha value is -3.60. The average molecular weight is 595 g/mol. The largest absolute Gasteiger partial charge is 0.493 e. The third kappa shape index (κ3) is 6.11. The molecule has 10 heteroatoms. The van der Waals surface area contributed by atoms with Crippen molar-refractivity contribution in [2.75, 3.05) is 53.7 Å². The lowest BCUT2D eigenvalue weighted by Crippen LogP contribution is -2.42. The predicted octanol–water partition coefficient (Wildman–Crippen LogP) is 4.67. The van der Waals surface area contributed by atoms with Crippen LogP contribution in [-0.2, 0) is 21.2 Å². The number of benzene rings is 3. The molecule has 2 aliphatic rings. The van der Waals surface area contributed by atoms with E-state index in [4.69, 9.17) is 18.9 Å². The molecule has 2 aliphatic heterocycles. The molecule has 1 saturated heterocycles. The van der Waals surface area contributed by atoms with Gasteiger partial charge in [0.15, 0.2) is 11.5 Å². The Morgan fingerprint density at radius 1 is 0.929 bits per heavy atom. The molecule has 2 heterocycles. The van der Waals surface area contributed by atoms with Gasteiger partial charge in [0.25, 0.3) is 5.91 Å². The first-order chi connectivity index (χ1) is 20.2. The minimum atomic E-state index is -3.66. The molecule has 42 heavy (non-hydrogen) atoms.